The molecular formula is C27H33NO4. The van der Waals surface area contributed by atoms with Crippen molar-refractivity contribution < 1.29 is 18.7 Å². The van der Waals surface area contributed by atoms with Gasteiger partial charge >= 0.3 is 5.97 Å². The third-order valence-corrected chi connectivity index (χ3v) is 5.32. The van der Waals surface area contributed by atoms with Crippen LogP contribution in [0.4, 0.5) is 0 Å². The summed E-state index contributed by atoms with van der Waals surface area (Å²) in [6, 6.07) is 12.0. The maximum atomic E-state index is 11.9. The molecule has 0 saturated heterocycles. The van der Waals surface area contributed by atoms with Crippen molar-refractivity contribution in [3.63, 3.8) is 0 Å². The summed E-state index contributed by atoms with van der Waals surface area (Å²) >= 11 is 0. The van der Waals surface area contributed by atoms with Crippen molar-refractivity contribution in [1.82, 2.24) is 4.98 Å². The molecule has 5 heteroatoms. The molecule has 0 aliphatic carbocycles. The van der Waals surface area contributed by atoms with E-state index in [9.17, 15) is 4.79 Å². The fourth-order valence-electron chi connectivity index (χ4n) is 3.80. The molecule has 0 bridgehead atoms. The fourth-order valence-corrected chi connectivity index (χ4v) is 3.80. The Morgan fingerprint density at radius 1 is 1.16 bits per heavy atom. The lowest BCUT2D eigenvalue weighted by Gasteiger charge is -2.28. The van der Waals surface area contributed by atoms with Crippen molar-refractivity contribution >= 4 is 16.9 Å². The van der Waals surface area contributed by atoms with Gasteiger partial charge in [-0.2, -0.15) is 0 Å². The number of carbonyl (C=O) groups is 1. The summed E-state index contributed by atoms with van der Waals surface area (Å²) in [6.45, 7) is 15.2. The molecule has 1 unspecified atom stereocenters. The van der Waals surface area contributed by atoms with E-state index in [-0.39, 0.29) is 12.1 Å². The van der Waals surface area contributed by atoms with Crippen molar-refractivity contribution in [2.75, 3.05) is 0 Å². The average molecular weight is 436 g/mol. The quantitative estimate of drug-likeness (QED) is 0.277. The molecule has 2 aromatic heterocycles. The van der Waals surface area contributed by atoms with Gasteiger partial charge in [-0.3, -0.25) is 4.98 Å². The van der Waals surface area contributed by atoms with E-state index >= 15 is 0 Å². The molecule has 0 saturated carbocycles. The maximum absolute atomic E-state index is 11.9. The summed E-state index contributed by atoms with van der Waals surface area (Å²) in [5.74, 6) is 1.13. The lowest BCUT2D eigenvalue weighted by atomic mass is 10.0. The van der Waals surface area contributed by atoms with Crippen LogP contribution in [-0.4, -0.2) is 22.7 Å². The minimum absolute atomic E-state index is 0.160. The van der Waals surface area contributed by atoms with Gasteiger partial charge in [0.15, 0.2) is 0 Å². The minimum Gasteiger partial charge on any atom is -0.490 e. The molecule has 170 valence electrons. The molecule has 0 aliphatic heterocycles. The van der Waals surface area contributed by atoms with Gasteiger partial charge in [0, 0.05) is 34.7 Å². The normalized spacial score (nSPS) is 12.6. The van der Waals surface area contributed by atoms with Crippen LogP contribution >= 0.6 is 0 Å². The highest BCUT2D eigenvalue weighted by molar-refractivity contribution is 5.87. The molecule has 0 N–H and O–H groups in total. The van der Waals surface area contributed by atoms with E-state index in [0.29, 0.717) is 17.7 Å². The zero-order valence-corrected chi connectivity index (χ0v) is 20.0. The van der Waals surface area contributed by atoms with Crippen LogP contribution in [0.25, 0.3) is 22.3 Å². The first kappa shape index (κ1) is 23.6. The van der Waals surface area contributed by atoms with Crippen LogP contribution in [-0.2, 0) is 22.4 Å². The monoisotopic (exact) mass is 435 g/mol. The highest BCUT2D eigenvalue weighted by Gasteiger charge is 2.27. The number of pyridine rings is 1. The Bertz CT molecular complexity index is 1130. The molecule has 5 nitrogen and oxygen atoms in total. The number of aryl methyl sites for hydroxylation is 2. The number of ether oxygens (including phenoxy) is 2. The second-order valence-electron chi connectivity index (χ2n) is 8.88. The zero-order valence-electron chi connectivity index (χ0n) is 20.0. The van der Waals surface area contributed by atoms with Crippen molar-refractivity contribution in [2.24, 2.45) is 0 Å². The summed E-state index contributed by atoms with van der Waals surface area (Å²) in [7, 11) is 0. The molecule has 0 amide bonds. The van der Waals surface area contributed by atoms with Crippen molar-refractivity contribution in [2.45, 2.75) is 72.5 Å². The second kappa shape index (κ2) is 9.60. The van der Waals surface area contributed by atoms with Gasteiger partial charge in [-0.15, -0.1) is 0 Å². The number of carbonyl (C=O) groups excluding carboxylic acids is 1. The molecular weight excluding hydrogens is 402 g/mol. The number of furan rings is 1. The van der Waals surface area contributed by atoms with Gasteiger partial charge in [0.1, 0.15) is 22.7 Å². The SMILES string of the molecule is C=C(C)C(=O)OC(C)(C)CC(C)Oc1ccc2cc(-c3ccc(CC)nc3CC)oc2c1. The third-order valence-electron chi connectivity index (χ3n) is 5.32. The molecule has 32 heavy (non-hydrogen) atoms. The number of benzene rings is 1. The largest absolute Gasteiger partial charge is 0.490 e. The number of rotatable bonds is 9. The summed E-state index contributed by atoms with van der Waals surface area (Å²) in [5, 5.41) is 1.01. The zero-order chi connectivity index (χ0) is 23.5. The van der Waals surface area contributed by atoms with E-state index < -0.39 is 5.60 Å². The van der Waals surface area contributed by atoms with Gasteiger partial charge < -0.3 is 13.9 Å². The first-order valence-electron chi connectivity index (χ1n) is 11.2. The van der Waals surface area contributed by atoms with Gasteiger partial charge in [-0.05, 0) is 70.9 Å². The highest BCUT2D eigenvalue weighted by atomic mass is 16.6. The lowest BCUT2D eigenvalue weighted by Crippen LogP contribution is -2.33. The maximum Gasteiger partial charge on any atom is 0.333 e. The third kappa shape index (κ3) is 5.58. The Morgan fingerprint density at radius 3 is 2.56 bits per heavy atom. The topological polar surface area (TPSA) is 61.6 Å². The smallest absolute Gasteiger partial charge is 0.333 e. The molecule has 0 aliphatic rings. The number of aromatic nitrogens is 1. The Kier molecular flexibility index (Phi) is 7.07. The van der Waals surface area contributed by atoms with E-state index in [0.717, 1.165) is 46.5 Å². The molecule has 2 heterocycles. The lowest BCUT2D eigenvalue weighted by molar-refractivity contribution is -0.153. The molecule has 0 fully saturated rings. The summed E-state index contributed by atoms with van der Waals surface area (Å²) in [6.07, 6.45) is 2.14. The van der Waals surface area contributed by atoms with Crippen LogP contribution < -0.4 is 4.74 Å². The van der Waals surface area contributed by atoms with Gasteiger partial charge in [0.2, 0.25) is 0 Å². The van der Waals surface area contributed by atoms with Crippen LogP contribution in [0, 0.1) is 0 Å². The number of hydrogen-bond donors (Lipinski definition) is 0. The Hall–Kier alpha value is -3.08. The Labute approximate surface area is 190 Å². The number of hydrogen-bond acceptors (Lipinski definition) is 5. The van der Waals surface area contributed by atoms with Gasteiger partial charge in [0.25, 0.3) is 0 Å². The molecule has 0 spiro atoms. The van der Waals surface area contributed by atoms with Crippen LogP contribution in [0.1, 0.15) is 59.4 Å². The van der Waals surface area contributed by atoms with Crippen molar-refractivity contribution in [3.8, 4) is 17.1 Å². The second-order valence-corrected chi connectivity index (χ2v) is 8.88. The van der Waals surface area contributed by atoms with E-state index in [4.69, 9.17) is 18.9 Å². The molecule has 0 radical (unpaired) electrons. The predicted molar refractivity (Wildman–Crippen MR) is 128 cm³/mol. The Balaban J connectivity index is 1.76. The van der Waals surface area contributed by atoms with Gasteiger partial charge in [-0.25, -0.2) is 4.79 Å². The van der Waals surface area contributed by atoms with Gasteiger partial charge in [-0.1, -0.05) is 20.4 Å². The van der Waals surface area contributed by atoms with E-state index in [1.54, 1.807) is 6.92 Å². The summed E-state index contributed by atoms with van der Waals surface area (Å²) in [5.41, 5.74) is 3.64. The van der Waals surface area contributed by atoms with Crippen molar-refractivity contribution in [3.05, 3.63) is 59.9 Å². The first-order chi connectivity index (χ1) is 15.1. The van der Waals surface area contributed by atoms with Gasteiger partial charge in [0.05, 0.1) is 11.8 Å². The average Bonchev–Trinajstić information content (AvgIpc) is 3.15. The molecule has 1 atom stereocenters. The first-order valence-corrected chi connectivity index (χ1v) is 11.2. The van der Waals surface area contributed by atoms with Crippen LogP contribution in [0.2, 0.25) is 0 Å². The van der Waals surface area contributed by atoms with Crippen molar-refractivity contribution in [1.29, 1.82) is 0 Å². The van der Waals surface area contributed by atoms with E-state index in [1.807, 2.05) is 45.0 Å². The minimum atomic E-state index is -0.661. The van der Waals surface area contributed by atoms with E-state index in [1.165, 1.54) is 0 Å². The molecule has 3 rings (SSSR count). The fraction of sp³-hybridized carbons (Fsp3) is 0.407. The number of nitrogens with zero attached hydrogens (tertiary/aromatic N) is 1. The number of esters is 1. The van der Waals surface area contributed by atoms with Crippen LogP contribution in [0.15, 0.2) is 53.0 Å². The standard InChI is InChI=1S/C27H33NO4/c1-8-20-11-13-22(23(9-2)28-20)25-14-19-10-12-21(15-24(19)31-25)30-18(5)16-27(6,7)32-26(29)17(3)4/h10-15,18H,3,8-9,16H2,1-2,4-7H3. The Morgan fingerprint density at radius 2 is 1.91 bits per heavy atom. The van der Waals surface area contributed by atoms with Crippen LogP contribution in [0.5, 0.6) is 5.75 Å². The predicted octanol–water partition coefficient (Wildman–Crippen LogP) is 6.67. The number of fused-ring (bicyclic) bond motifs is 1. The molecule has 3 aromatic rings. The van der Waals surface area contributed by atoms with Crippen LogP contribution in [0.3, 0.4) is 0 Å². The van der Waals surface area contributed by atoms with E-state index in [2.05, 4.69) is 32.6 Å². The molecule has 1 aromatic carbocycles. The summed E-state index contributed by atoms with van der Waals surface area (Å²) < 4.78 is 17.8. The summed E-state index contributed by atoms with van der Waals surface area (Å²) in [4.78, 5) is 16.6. The highest BCUT2D eigenvalue weighted by Crippen LogP contribution is 2.32.